The lowest BCUT2D eigenvalue weighted by molar-refractivity contribution is -0.119. The molecule has 0 saturated heterocycles. The Morgan fingerprint density at radius 1 is 1.42 bits per heavy atom. The molecule has 4 amide bonds. The molecule has 24 heavy (non-hydrogen) atoms. The molecule has 2 aromatic rings. The summed E-state index contributed by atoms with van der Waals surface area (Å²) in [7, 11) is 1.41. The number of rotatable bonds is 6. The number of urea groups is 1. The second-order valence-corrected chi connectivity index (χ2v) is 6.92. The first-order valence-corrected chi connectivity index (χ1v) is 8.63. The zero-order valence-electron chi connectivity index (χ0n) is 13.0. The van der Waals surface area contributed by atoms with E-state index in [0.717, 1.165) is 16.6 Å². The summed E-state index contributed by atoms with van der Waals surface area (Å²) in [6.45, 7) is 1.52. The number of nitrogens with zero attached hydrogens (tertiary/aromatic N) is 3. The Morgan fingerprint density at radius 2 is 2.17 bits per heavy atom. The van der Waals surface area contributed by atoms with Crippen LogP contribution < -0.4 is 16.4 Å². The fourth-order valence-corrected chi connectivity index (χ4v) is 3.32. The van der Waals surface area contributed by atoms with Crippen LogP contribution >= 0.6 is 23.1 Å². The van der Waals surface area contributed by atoms with Crippen molar-refractivity contribution in [3.8, 4) is 10.7 Å². The first-order valence-electron chi connectivity index (χ1n) is 6.87. The lowest BCUT2D eigenvalue weighted by atomic mass is 10.4. The maximum absolute atomic E-state index is 11.9. The molecular formula is C13H16N6O3S2. The van der Waals surface area contributed by atoms with Gasteiger partial charge in [-0.05, 0) is 18.4 Å². The minimum Gasteiger partial charge on any atom is -0.368 e. The predicted molar refractivity (Wildman–Crippen MR) is 90.4 cm³/mol. The van der Waals surface area contributed by atoms with Gasteiger partial charge in [-0.3, -0.25) is 19.5 Å². The first kappa shape index (κ1) is 17.9. The Labute approximate surface area is 146 Å². The van der Waals surface area contributed by atoms with Crippen LogP contribution in [-0.4, -0.2) is 44.9 Å². The van der Waals surface area contributed by atoms with Crippen LogP contribution in [0.15, 0.2) is 22.7 Å². The van der Waals surface area contributed by atoms with Gasteiger partial charge in [0, 0.05) is 7.05 Å². The average molecular weight is 368 g/mol. The van der Waals surface area contributed by atoms with Crippen LogP contribution in [0.2, 0.25) is 0 Å². The van der Waals surface area contributed by atoms with Crippen molar-refractivity contribution in [2.45, 2.75) is 23.9 Å². The van der Waals surface area contributed by atoms with Gasteiger partial charge < -0.3 is 11.1 Å². The van der Waals surface area contributed by atoms with E-state index in [1.165, 1.54) is 18.4 Å². The molecule has 0 aliphatic rings. The van der Waals surface area contributed by atoms with E-state index in [-0.39, 0.29) is 6.54 Å². The van der Waals surface area contributed by atoms with Crippen molar-refractivity contribution >= 4 is 40.9 Å². The smallest absolute Gasteiger partial charge is 0.321 e. The third-order valence-electron chi connectivity index (χ3n) is 2.89. The van der Waals surface area contributed by atoms with Crippen LogP contribution in [0.1, 0.15) is 6.92 Å². The topological polar surface area (TPSA) is 132 Å². The van der Waals surface area contributed by atoms with Crippen LogP contribution in [0.4, 0.5) is 4.79 Å². The van der Waals surface area contributed by atoms with Gasteiger partial charge in [-0.1, -0.05) is 17.8 Å². The zero-order valence-corrected chi connectivity index (χ0v) is 14.6. The third-order valence-corrected chi connectivity index (χ3v) is 4.83. The number of nitrogens with two attached hydrogens (primary N) is 1. The van der Waals surface area contributed by atoms with Gasteiger partial charge in [0.2, 0.25) is 11.8 Å². The molecule has 4 N–H and O–H groups in total. The molecular weight excluding hydrogens is 352 g/mol. The van der Waals surface area contributed by atoms with Crippen molar-refractivity contribution in [2.24, 2.45) is 5.73 Å². The molecule has 0 bridgehead atoms. The van der Waals surface area contributed by atoms with Gasteiger partial charge in [-0.25, -0.2) is 4.79 Å². The fraction of sp³-hybridized carbons (Fsp3) is 0.308. The molecule has 0 aliphatic carbocycles. The van der Waals surface area contributed by atoms with E-state index >= 15 is 0 Å². The van der Waals surface area contributed by atoms with Gasteiger partial charge in [0.15, 0.2) is 11.0 Å². The summed E-state index contributed by atoms with van der Waals surface area (Å²) in [4.78, 5) is 35.3. The number of aromatic nitrogens is 3. The summed E-state index contributed by atoms with van der Waals surface area (Å²) in [6.07, 6.45) is 0. The Morgan fingerprint density at radius 3 is 2.75 bits per heavy atom. The molecule has 0 saturated carbocycles. The molecule has 0 fully saturated rings. The molecule has 0 spiro atoms. The van der Waals surface area contributed by atoms with E-state index in [0.29, 0.717) is 11.0 Å². The molecule has 0 radical (unpaired) electrons. The molecule has 9 nitrogen and oxygen atoms in total. The zero-order chi connectivity index (χ0) is 17.7. The fourth-order valence-electron chi connectivity index (χ4n) is 1.75. The maximum atomic E-state index is 11.9. The molecule has 1 atom stereocenters. The Hall–Kier alpha value is -2.40. The second-order valence-electron chi connectivity index (χ2n) is 4.66. The quantitative estimate of drug-likeness (QED) is 0.634. The highest BCUT2D eigenvalue weighted by Crippen LogP contribution is 2.29. The van der Waals surface area contributed by atoms with E-state index in [1.54, 1.807) is 11.5 Å². The molecule has 0 aliphatic heterocycles. The van der Waals surface area contributed by atoms with E-state index in [9.17, 15) is 14.4 Å². The van der Waals surface area contributed by atoms with Gasteiger partial charge in [-0.15, -0.1) is 21.5 Å². The van der Waals surface area contributed by atoms with E-state index in [4.69, 9.17) is 5.73 Å². The van der Waals surface area contributed by atoms with Gasteiger partial charge in [0.1, 0.15) is 6.54 Å². The average Bonchev–Trinajstić information content (AvgIpc) is 3.17. The van der Waals surface area contributed by atoms with Crippen molar-refractivity contribution in [1.29, 1.82) is 0 Å². The largest absolute Gasteiger partial charge is 0.368 e. The molecule has 1 unspecified atom stereocenters. The molecule has 2 heterocycles. The number of amides is 4. The number of hydrogen-bond donors (Lipinski definition) is 3. The standard InChI is InChI=1S/C13H16N6O3S2/c1-7(11(21)16-12(22)15-2)24-13-18-17-10(8-4-3-5-23-8)19(13)6-9(14)20/h3-5,7H,6H2,1-2H3,(H2,14,20)(H2,15,16,21,22). The van der Waals surface area contributed by atoms with Crippen molar-refractivity contribution in [3.05, 3.63) is 17.5 Å². The van der Waals surface area contributed by atoms with Crippen molar-refractivity contribution in [1.82, 2.24) is 25.4 Å². The second kappa shape index (κ2) is 7.93. The summed E-state index contributed by atoms with van der Waals surface area (Å²) < 4.78 is 1.56. The first-order chi connectivity index (χ1) is 11.4. The van der Waals surface area contributed by atoms with Crippen LogP contribution in [0, 0.1) is 0 Å². The minimum atomic E-state index is -0.616. The summed E-state index contributed by atoms with van der Waals surface area (Å²) in [5.41, 5.74) is 5.30. The van der Waals surface area contributed by atoms with E-state index < -0.39 is 23.1 Å². The summed E-state index contributed by atoms with van der Waals surface area (Å²) in [5.74, 6) is -0.521. The number of hydrogen-bond acceptors (Lipinski definition) is 7. The normalized spacial score (nSPS) is 11.8. The number of imide groups is 1. The van der Waals surface area contributed by atoms with Crippen LogP contribution in [0.25, 0.3) is 10.7 Å². The van der Waals surface area contributed by atoms with Gasteiger partial charge in [-0.2, -0.15) is 0 Å². The van der Waals surface area contributed by atoms with Crippen LogP contribution in [0.3, 0.4) is 0 Å². The van der Waals surface area contributed by atoms with Crippen molar-refractivity contribution < 1.29 is 14.4 Å². The van der Waals surface area contributed by atoms with E-state index in [2.05, 4.69) is 20.8 Å². The lowest BCUT2D eigenvalue weighted by Gasteiger charge is -2.11. The van der Waals surface area contributed by atoms with Crippen molar-refractivity contribution in [3.63, 3.8) is 0 Å². The lowest BCUT2D eigenvalue weighted by Crippen LogP contribution is -2.41. The van der Waals surface area contributed by atoms with E-state index in [1.807, 2.05) is 17.5 Å². The van der Waals surface area contributed by atoms with Gasteiger partial charge in [0.25, 0.3) is 0 Å². The molecule has 0 aromatic carbocycles. The highest BCUT2D eigenvalue weighted by molar-refractivity contribution is 8.00. The number of primary amides is 1. The summed E-state index contributed by atoms with van der Waals surface area (Å²) >= 11 is 2.54. The monoisotopic (exact) mass is 368 g/mol. The predicted octanol–water partition coefficient (Wildman–Crippen LogP) is 0.428. The summed E-state index contributed by atoms with van der Waals surface area (Å²) in [5, 5.41) is 14.3. The van der Waals surface area contributed by atoms with Crippen molar-refractivity contribution in [2.75, 3.05) is 7.05 Å². The van der Waals surface area contributed by atoms with Crippen LogP contribution in [-0.2, 0) is 16.1 Å². The molecule has 2 rings (SSSR count). The molecule has 11 heteroatoms. The summed E-state index contributed by atoms with van der Waals surface area (Å²) in [6, 6.07) is 3.11. The molecule has 128 valence electrons. The SMILES string of the molecule is CNC(=O)NC(=O)C(C)Sc1nnc(-c2cccs2)n1CC(N)=O. The van der Waals surface area contributed by atoms with Gasteiger partial charge in [0.05, 0.1) is 10.1 Å². The Bertz CT molecular complexity index is 743. The Balaban J connectivity index is 2.22. The number of carbonyl (C=O) groups excluding carboxylic acids is 3. The number of thiophene rings is 1. The maximum Gasteiger partial charge on any atom is 0.321 e. The highest BCUT2D eigenvalue weighted by atomic mass is 32.2. The molecule has 2 aromatic heterocycles. The number of carbonyl (C=O) groups is 3. The minimum absolute atomic E-state index is 0.105. The number of thioether (sulfide) groups is 1. The highest BCUT2D eigenvalue weighted by Gasteiger charge is 2.22. The Kier molecular flexibility index (Phi) is 5.93. The third kappa shape index (κ3) is 4.32. The van der Waals surface area contributed by atoms with Crippen LogP contribution in [0.5, 0.6) is 0 Å². The van der Waals surface area contributed by atoms with Gasteiger partial charge >= 0.3 is 6.03 Å². The number of nitrogens with one attached hydrogen (secondary N) is 2.